The summed E-state index contributed by atoms with van der Waals surface area (Å²) in [6, 6.07) is 9.71. The van der Waals surface area contributed by atoms with Crippen LogP contribution in [0.25, 0.3) is 0 Å². The minimum absolute atomic E-state index is 0.00287. The van der Waals surface area contributed by atoms with Crippen LogP contribution in [0.1, 0.15) is 29.8 Å². The highest BCUT2D eigenvalue weighted by atomic mass is 16.5. The van der Waals surface area contributed by atoms with Crippen LogP contribution in [0.4, 0.5) is 5.69 Å². The number of rotatable bonds is 3. The lowest BCUT2D eigenvalue weighted by atomic mass is 9.88. The molecule has 0 saturated carbocycles. The Morgan fingerprint density at radius 2 is 2.04 bits per heavy atom. The van der Waals surface area contributed by atoms with Crippen molar-refractivity contribution in [2.75, 3.05) is 24.6 Å². The van der Waals surface area contributed by atoms with E-state index in [0.29, 0.717) is 6.61 Å². The highest BCUT2D eigenvalue weighted by molar-refractivity contribution is 6.04. The molecular weight excluding hydrogens is 306 g/mol. The molecule has 6 nitrogen and oxygen atoms in total. The van der Waals surface area contributed by atoms with Crippen molar-refractivity contribution in [2.45, 2.75) is 30.9 Å². The van der Waals surface area contributed by atoms with Gasteiger partial charge in [-0.2, -0.15) is 0 Å². The fourth-order valence-electron chi connectivity index (χ4n) is 3.74. The number of amides is 1. The zero-order valence-corrected chi connectivity index (χ0v) is 13.5. The van der Waals surface area contributed by atoms with Gasteiger partial charge in [-0.25, -0.2) is 4.98 Å². The second kappa shape index (κ2) is 6.37. The fourth-order valence-corrected chi connectivity index (χ4v) is 3.74. The Morgan fingerprint density at radius 1 is 1.25 bits per heavy atom. The third kappa shape index (κ3) is 2.83. The summed E-state index contributed by atoms with van der Waals surface area (Å²) in [4.78, 5) is 18.7. The van der Waals surface area contributed by atoms with Crippen LogP contribution in [-0.2, 0) is 4.74 Å². The maximum Gasteiger partial charge on any atom is 0.296 e. The van der Waals surface area contributed by atoms with Crippen molar-refractivity contribution in [2.24, 2.45) is 0 Å². The molecule has 1 atom stereocenters. The first-order valence-electron chi connectivity index (χ1n) is 8.39. The Balaban J connectivity index is 1.62. The van der Waals surface area contributed by atoms with E-state index in [1.807, 2.05) is 30.3 Å². The molecule has 2 aliphatic rings. The van der Waals surface area contributed by atoms with Gasteiger partial charge in [0.1, 0.15) is 0 Å². The molecule has 0 aliphatic carbocycles. The second-order valence-corrected chi connectivity index (χ2v) is 6.48. The van der Waals surface area contributed by atoms with Gasteiger partial charge in [-0.05, 0) is 44.5 Å². The van der Waals surface area contributed by atoms with E-state index < -0.39 is 0 Å². The molecular formula is C18H21N3O3. The van der Waals surface area contributed by atoms with Crippen LogP contribution in [0.2, 0.25) is 0 Å². The van der Waals surface area contributed by atoms with Gasteiger partial charge in [-0.1, -0.05) is 18.2 Å². The van der Waals surface area contributed by atoms with Crippen molar-refractivity contribution < 1.29 is 13.9 Å². The van der Waals surface area contributed by atoms with Crippen molar-refractivity contribution in [3.8, 4) is 0 Å². The van der Waals surface area contributed by atoms with Gasteiger partial charge in [-0.3, -0.25) is 4.79 Å². The number of carbonyl (C=O) groups excluding carboxylic acids is 1. The van der Waals surface area contributed by atoms with Crippen molar-refractivity contribution in [1.82, 2.24) is 10.3 Å². The number of nitrogens with zero attached hydrogens (tertiary/aromatic N) is 2. The van der Waals surface area contributed by atoms with E-state index in [0.717, 1.165) is 38.0 Å². The maximum atomic E-state index is 13.0. The van der Waals surface area contributed by atoms with E-state index in [1.165, 1.54) is 12.6 Å². The molecule has 1 aromatic carbocycles. The summed E-state index contributed by atoms with van der Waals surface area (Å²) in [5.41, 5.74) is 0.753. The molecule has 24 heavy (non-hydrogen) atoms. The molecule has 0 unspecified atom stereocenters. The average Bonchev–Trinajstić information content (AvgIpc) is 3.28. The highest BCUT2D eigenvalue weighted by Gasteiger charge is 2.45. The Labute approximate surface area is 140 Å². The standard InChI is InChI=1S/C18H21N3O3/c22-17(16-11-20-13-23-16)21(14-4-2-1-3-5-14)15-10-18(24-12-15)6-8-19-9-7-18/h1-5,11,13,15,19H,6-10,12H2/t15-/m1/s1. The lowest BCUT2D eigenvalue weighted by Crippen LogP contribution is -2.44. The summed E-state index contributed by atoms with van der Waals surface area (Å²) in [5.74, 6) is 0.0865. The number of benzene rings is 1. The molecule has 1 spiro atoms. The molecule has 2 aromatic rings. The number of hydrogen-bond donors (Lipinski definition) is 1. The Bertz CT molecular complexity index is 681. The summed E-state index contributed by atoms with van der Waals surface area (Å²) >= 11 is 0. The van der Waals surface area contributed by atoms with Gasteiger partial charge in [-0.15, -0.1) is 0 Å². The first-order chi connectivity index (χ1) is 11.8. The molecule has 126 valence electrons. The zero-order chi connectivity index (χ0) is 16.4. The first-order valence-corrected chi connectivity index (χ1v) is 8.39. The number of para-hydroxylation sites is 1. The molecule has 1 N–H and O–H groups in total. The minimum Gasteiger partial charge on any atom is -0.438 e. The summed E-state index contributed by atoms with van der Waals surface area (Å²) in [5, 5.41) is 3.37. The molecule has 1 aromatic heterocycles. The maximum absolute atomic E-state index is 13.0. The van der Waals surface area contributed by atoms with E-state index in [1.54, 1.807) is 4.90 Å². The highest BCUT2D eigenvalue weighted by Crippen LogP contribution is 2.37. The van der Waals surface area contributed by atoms with E-state index in [-0.39, 0.29) is 23.3 Å². The van der Waals surface area contributed by atoms with Crippen molar-refractivity contribution in [1.29, 1.82) is 0 Å². The van der Waals surface area contributed by atoms with E-state index in [4.69, 9.17) is 9.15 Å². The van der Waals surface area contributed by atoms with Crippen LogP contribution in [0.3, 0.4) is 0 Å². The Hall–Kier alpha value is -2.18. The fraction of sp³-hybridized carbons (Fsp3) is 0.444. The van der Waals surface area contributed by atoms with E-state index in [9.17, 15) is 4.79 Å². The van der Waals surface area contributed by atoms with E-state index >= 15 is 0 Å². The second-order valence-electron chi connectivity index (χ2n) is 6.48. The topological polar surface area (TPSA) is 67.6 Å². The first kappa shape index (κ1) is 15.4. The van der Waals surface area contributed by atoms with Crippen molar-refractivity contribution >= 4 is 11.6 Å². The third-order valence-electron chi connectivity index (χ3n) is 4.97. The van der Waals surface area contributed by atoms with Crippen molar-refractivity contribution in [3.05, 3.63) is 48.7 Å². The molecule has 3 heterocycles. The summed E-state index contributed by atoms with van der Waals surface area (Å²) < 4.78 is 11.4. The number of ether oxygens (including phenoxy) is 1. The number of aromatic nitrogens is 1. The van der Waals surface area contributed by atoms with Gasteiger partial charge in [0, 0.05) is 5.69 Å². The number of piperidine rings is 1. The van der Waals surface area contributed by atoms with Gasteiger partial charge in [0.05, 0.1) is 24.4 Å². The number of hydrogen-bond acceptors (Lipinski definition) is 5. The average molecular weight is 327 g/mol. The van der Waals surface area contributed by atoms with Gasteiger partial charge in [0.25, 0.3) is 5.91 Å². The van der Waals surface area contributed by atoms with Crippen LogP contribution in [0, 0.1) is 0 Å². The predicted molar refractivity (Wildman–Crippen MR) is 88.9 cm³/mol. The Morgan fingerprint density at radius 3 is 2.75 bits per heavy atom. The number of nitrogens with one attached hydrogen (secondary N) is 1. The molecule has 0 radical (unpaired) electrons. The largest absolute Gasteiger partial charge is 0.438 e. The zero-order valence-electron chi connectivity index (χ0n) is 13.5. The summed E-state index contributed by atoms with van der Waals surface area (Å²) in [7, 11) is 0. The van der Waals surface area contributed by atoms with Crippen LogP contribution in [-0.4, -0.2) is 42.2 Å². The number of anilines is 1. The van der Waals surface area contributed by atoms with Crippen LogP contribution in [0.5, 0.6) is 0 Å². The lowest BCUT2D eigenvalue weighted by molar-refractivity contribution is -0.0193. The molecule has 1 amide bonds. The molecule has 0 bridgehead atoms. The van der Waals surface area contributed by atoms with E-state index in [2.05, 4.69) is 10.3 Å². The van der Waals surface area contributed by atoms with Gasteiger partial charge < -0.3 is 19.4 Å². The van der Waals surface area contributed by atoms with Gasteiger partial charge >= 0.3 is 0 Å². The summed E-state index contributed by atoms with van der Waals surface area (Å²) in [6.45, 7) is 2.48. The molecule has 2 aliphatic heterocycles. The molecule has 4 rings (SSSR count). The normalized spacial score (nSPS) is 22.6. The van der Waals surface area contributed by atoms with Crippen LogP contribution >= 0.6 is 0 Å². The molecule has 6 heteroatoms. The van der Waals surface area contributed by atoms with Crippen LogP contribution in [0.15, 0.2) is 47.3 Å². The monoisotopic (exact) mass is 327 g/mol. The third-order valence-corrected chi connectivity index (χ3v) is 4.97. The van der Waals surface area contributed by atoms with Gasteiger partial charge in [0.2, 0.25) is 5.76 Å². The smallest absolute Gasteiger partial charge is 0.296 e. The molecule has 2 fully saturated rings. The predicted octanol–water partition coefficient (Wildman–Crippen LogP) is 2.23. The lowest BCUT2D eigenvalue weighted by Gasteiger charge is -2.34. The van der Waals surface area contributed by atoms with Crippen LogP contribution < -0.4 is 10.2 Å². The van der Waals surface area contributed by atoms with Crippen molar-refractivity contribution in [3.63, 3.8) is 0 Å². The summed E-state index contributed by atoms with van der Waals surface area (Å²) in [6.07, 6.45) is 5.58. The number of carbonyl (C=O) groups is 1. The molecule has 2 saturated heterocycles. The SMILES string of the molecule is O=C(c1cnco1)N(c1ccccc1)[C@H]1COC2(CCNCC2)C1. The van der Waals surface area contributed by atoms with Gasteiger partial charge in [0.15, 0.2) is 6.39 Å². The quantitative estimate of drug-likeness (QED) is 0.936. The minimum atomic E-state index is -0.168. The Kier molecular flexibility index (Phi) is 4.08. The number of oxazole rings is 1.